The number of hydrogen-bond donors (Lipinski definition) is 2. The molecule has 15 heavy (non-hydrogen) atoms. The summed E-state index contributed by atoms with van der Waals surface area (Å²) in [7, 11) is -4.58. The Hall–Kier alpha value is -0.700. The van der Waals surface area contributed by atoms with Crippen LogP contribution >= 0.6 is 23.2 Å². The lowest BCUT2D eigenvalue weighted by molar-refractivity contribution is 0.469. The highest BCUT2D eigenvalue weighted by Gasteiger charge is 2.40. The molecule has 2 N–H and O–H groups in total. The Labute approximate surface area is 95.5 Å². The van der Waals surface area contributed by atoms with E-state index in [9.17, 15) is 8.42 Å². The van der Waals surface area contributed by atoms with Crippen molar-refractivity contribution in [3.8, 4) is 0 Å². The maximum absolute atomic E-state index is 10.9. The summed E-state index contributed by atoms with van der Waals surface area (Å²) in [5, 5.41) is 12.3. The molecule has 10 heteroatoms. The fourth-order valence-electron chi connectivity index (χ4n) is 0.666. The summed E-state index contributed by atoms with van der Waals surface area (Å²) < 4.78 is 28.4. The first-order valence-corrected chi connectivity index (χ1v) is 5.89. The van der Waals surface area contributed by atoms with E-state index in [1.54, 1.807) is 0 Å². The van der Waals surface area contributed by atoms with Gasteiger partial charge in [0.05, 0.1) is 12.1 Å². The molecule has 0 radical (unpaired) electrons. The van der Waals surface area contributed by atoms with Crippen molar-refractivity contribution in [2.45, 2.75) is 4.33 Å². The summed E-state index contributed by atoms with van der Waals surface area (Å²) in [5.74, 6) is -0.546. The molecule has 0 saturated carbocycles. The highest BCUT2D eigenvalue weighted by atomic mass is 35.5. The normalized spacial score (nSPS) is 15.7. The van der Waals surface area contributed by atoms with E-state index in [0.717, 1.165) is 0 Å². The molecule has 0 aliphatic heterocycles. The Bertz CT molecular complexity index is 427. The predicted molar refractivity (Wildman–Crippen MR) is 54.3 cm³/mol. The van der Waals surface area contributed by atoms with Crippen molar-refractivity contribution in [2.24, 2.45) is 0 Å². The number of rotatable bonds is 4. The lowest BCUT2D eigenvalue weighted by Gasteiger charge is -2.22. The molecular weight excluding hydrogens is 267 g/mol. The van der Waals surface area contributed by atoms with Gasteiger partial charge in [0, 0.05) is 6.07 Å². The third-order valence-electron chi connectivity index (χ3n) is 1.40. The van der Waals surface area contributed by atoms with E-state index >= 15 is 0 Å². The second kappa shape index (κ2) is 4.44. The average molecular weight is 273 g/mol. The molecule has 1 atom stereocenters. The summed E-state index contributed by atoms with van der Waals surface area (Å²) in [6.07, 6.45) is 1.27. The van der Waals surface area contributed by atoms with E-state index in [2.05, 4.69) is 20.7 Å². The topological polar surface area (TPSA) is 105 Å². The van der Waals surface area contributed by atoms with Crippen LogP contribution in [-0.2, 0) is 10.1 Å². The van der Waals surface area contributed by atoms with Gasteiger partial charge >= 0.3 is 10.1 Å². The Morgan fingerprint density at radius 2 is 2.27 bits per heavy atom. The summed E-state index contributed by atoms with van der Waals surface area (Å²) in [6.45, 7) is 0. The van der Waals surface area contributed by atoms with Gasteiger partial charge in [-0.2, -0.15) is 8.42 Å². The van der Waals surface area contributed by atoms with Gasteiger partial charge in [0.2, 0.25) is 0 Å². The molecule has 0 amide bonds. The van der Waals surface area contributed by atoms with Gasteiger partial charge in [0.1, 0.15) is 0 Å². The van der Waals surface area contributed by atoms with Gasteiger partial charge in [-0.05, 0) is 5.21 Å². The Morgan fingerprint density at radius 1 is 1.60 bits per heavy atom. The Kier molecular flexibility index (Phi) is 3.66. The number of aromatic nitrogens is 3. The van der Waals surface area contributed by atoms with Crippen molar-refractivity contribution in [3.63, 3.8) is 0 Å². The number of nitrogens with one attached hydrogen (secondary N) is 1. The number of nitrogens with zero attached hydrogens (tertiary/aromatic N) is 3. The van der Waals surface area contributed by atoms with Crippen LogP contribution in [0.5, 0.6) is 0 Å². The van der Waals surface area contributed by atoms with Gasteiger partial charge in [-0.15, -0.1) is 21.8 Å². The van der Waals surface area contributed by atoms with E-state index in [1.807, 2.05) is 0 Å². The summed E-state index contributed by atoms with van der Waals surface area (Å²) >= 11 is 10.9. The number of hydrogen-bond acceptors (Lipinski definition) is 6. The number of halogens is 2. The maximum Gasteiger partial charge on any atom is 0.305 e. The lowest BCUT2D eigenvalue weighted by Crippen LogP contribution is -2.42. The van der Waals surface area contributed by atoms with Crippen LogP contribution in [0.4, 0.5) is 5.82 Å². The minimum Gasteiger partial charge on any atom is -0.334 e. The summed E-state index contributed by atoms with van der Waals surface area (Å²) in [4.78, 5) is 0. The fraction of sp³-hybridized carbons (Fsp3) is 0.400. The highest BCUT2D eigenvalue weighted by molar-refractivity contribution is 7.88. The molecule has 1 aromatic rings. The smallest absolute Gasteiger partial charge is 0.305 e. The van der Waals surface area contributed by atoms with E-state index in [4.69, 9.17) is 27.8 Å². The monoisotopic (exact) mass is 272 g/mol. The highest BCUT2D eigenvalue weighted by Crippen LogP contribution is 2.24. The van der Waals surface area contributed by atoms with Crippen LogP contribution < -0.4 is 5.32 Å². The molecule has 1 aromatic heterocycles. The Morgan fingerprint density at radius 3 is 2.67 bits per heavy atom. The average Bonchev–Trinajstić information content (AvgIpc) is 2.17. The zero-order valence-corrected chi connectivity index (χ0v) is 9.46. The first kappa shape index (κ1) is 12.4. The predicted octanol–water partition coefficient (Wildman–Crippen LogP) is 0.303. The quantitative estimate of drug-likeness (QED) is 0.461. The van der Waals surface area contributed by atoms with Crippen LogP contribution in [0.15, 0.2) is 12.3 Å². The van der Waals surface area contributed by atoms with Crippen LogP contribution in [0, 0.1) is 0 Å². The standard InChI is InChI=1S/C5H6Cl2N4O3S/c6-3-5(7,15(12,13)14)9-4-1-2-8-11-10-4/h1-2H,3H2,(H,8,9,10)(H,12,13,14). The molecule has 0 aliphatic rings. The zero-order valence-electron chi connectivity index (χ0n) is 7.13. The molecular formula is C5H6Cl2N4O3S. The molecule has 0 bridgehead atoms. The van der Waals surface area contributed by atoms with E-state index < -0.39 is 20.3 Å². The first-order valence-electron chi connectivity index (χ1n) is 3.53. The van der Waals surface area contributed by atoms with Crippen molar-refractivity contribution >= 4 is 39.1 Å². The molecule has 0 aliphatic carbocycles. The number of anilines is 1. The van der Waals surface area contributed by atoms with Crippen LogP contribution in [0.25, 0.3) is 0 Å². The van der Waals surface area contributed by atoms with Gasteiger partial charge in [0.15, 0.2) is 5.82 Å². The van der Waals surface area contributed by atoms with Gasteiger partial charge in [-0.3, -0.25) is 4.55 Å². The maximum atomic E-state index is 10.9. The van der Waals surface area contributed by atoms with Crippen molar-refractivity contribution < 1.29 is 13.0 Å². The second-order valence-corrected chi connectivity index (χ2v) is 5.25. The van der Waals surface area contributed by atoms with Crippen LogP contribution in [0.3, 0.4) is 0 Å². The molecule has 0 saturated heterocycles. The first-order chi connectivity index (χ1) is 6.89. The van der Waals surface area contributed by atoms with E-state index in [0.29, 0.717) is 0 Å². The van der Waals surface area contributed by atoms with Gasteiger partial charge in [-0.25, -0.2) is 0 Å². The molecule has 1 unspecified atom stereocenters. The third-order valence-corrected chi connectivity index (χ3v) is 3.97. The second-order valence-electron chi connectivity index (χ2n) is 2.47. The zero-order chi connectivity index (χ0) is 11.5. The van der Waals surface area contributed by atoms with Gasteiger partial charge < -0.3 is 5.32 Å². The minimum atomic E-state index is -4.58. The summed E-state index contributed by atoms with van der Waals surface area (Å²) in [6, 6.07) is 1.32. The van der Waals surface area contributed by atoms with Crippen LogP contribution in [0.1, 0.15) is 0 Å². The lowest BCUT2D eigenvalue weighted by atomic mass is 10.6. The summed E-state index contributed by atoms with van der Waals surface area (Å²) in [5.41, 5.74) is 0. The molecule has 0 spiro atoms. The molecule has 1 rings (SSSR count). The van der Waals surface area contributed by atoms with Crippen LogP contribution in [-0.4, -0.2) is 38.6 Å². The van der Waals surface area contributed by atoms with Crippen molar-refractivity contribution in [2.75, 3.05) is 11.2 Å². The Balaban J connectivity index is 2.97. The number of alkyl halides is 2. The molecule has 0 aromatic carbocycles. The molecule has 0 fully saturated rings. The minimum absolute atomic E-state index is 0.0262. The fourth-order valence-corrected chi connectivity index (χ4v) is 1.61. The van der Waals surface area contributed by atoms with E-state index in [-0.39, 0.29) is 5.82 Å². The third kappa shape index (κ3) is 2.88. The van der Waals surface area contributed by atoms with Gasteiger partial charge in [-0.1, -0.05) is 11.6 Å². The SMILES string of the molecule is O=S(=O)(O)C(Cl)(CCl)Nc1ccnnn1. The molecule has 84 valence electrons. The van der Waals surface area contributed by atoms with Crippen molar-refractivity contribution in [1.82, 2.24) is 15.4 Å². The molecule has 1 heterocycles. The largest absolute Gasteiger partial charge is 0.334 e. The van der Waals surface area contributed by atoms with Gasteiger partial charge in [0.25, 0.3) is 4.33 Å². The molecule has 7 nitrogen and oxygen atoms in total. The van der Waals surface area contributed by atoms with Crippen molar-refractivity contribution in [3.05, 3.63) is 12.3 Å². The van der Waals surface area contributed by atoms with E-state index in [1.165, 1.54) is 12.3 Å². The van der Waals surface area contributed by atoms with Crippen molar-refractivity contribution in [1.29, 1.82) is 0 Å². The van der Waals surface area contributed by atoms with Crippen LogP contribution in [0.2, 0.25) is 0 Å².